The first-order chi connectivity index (χ1) is 13.1. The number of fused-ring (bicyclic) bond motifs is 1. The average Bonchev–Trinajstić information content (AvgIpc) is 3.16. The van der Waals surface area contributed by atoms with E-state index in [1.807, 2.05) is 19.1 Å². The standard InChI is InChI=1S/C18H22BrN5O2S/c1-12-20-18-24(21-12)17(26)16(27-18)15(13-2-4-14(19)5-3-13)23-8-6-22(7-9-23)10-11-25/h2-5,15,25-26H,6-11H2,1H3. The van der Waals surface area contributed by atoms with Gasteiger partial charge in [0.2, 0.25) is 10.8 Å². The first-order valence-electron chi connectivity index (χ1n) is 8.94. The fraction of sp³-hybridized carbons (Fsp3) is 0.444. The molecule has 0 saturated carbocycles. The van der Waals surface area contributed by atoms with Crippen molar-refractivity contribution in [1.82, 2.24) is 24.4 Å². The summed E-state index contributed by atoms with van der Waals surface area (Å²) in [6, 6.07) is 8.19. The number of β-amino-alcohol motifs (C(OH)–C–C–N with tert-alkyl or cyclic N) is 1. The van der Waals surface area contributed by atoms with E-state index in [1.54, 1.807) is 0 Å². The van der Waals surface area contributed by atoms with Gasteiger partial charge in [-0.25, -0.2) is 4.98 Å². The largest absolute Gasteiger partial charge is 0.492 e. The molecule has 0 aliphatic carbocycles. The molecular weight excluding hydrogens is 430 g/mol. The predicted octanol–water partition coefficient (Wildman–Crippen LogP) is 2.27. The van der Waals surface area contributed by atoms with Crippen molar-refractivity contribution in [2.45, 2.75) is 13.0 Å². The van der Waals surface area contributed by atoms with Crippen molar-refractivity contribution < 1.29 is 10.2 Å². The van der Waals surface area contributed by atoms with E-state index in [9.17, 15) is 10.2 Å². The molecule has 1 aliphatic heterocycles. The van der Waals surface area contributed by atoms with Gasteiger partial charge in [0.15, 0.2) is 0 Å². The Morgan fingerprint density at radius 3 is 2.52 bits per heavy atom. The third-order valence-electron chi connectivity index (χ3n) is 4.93. The van der Waals surface area contributed by atoms with Crippen LogP contribution in [0.3, 0.4) is 0 Å². The van der Waals surface area contributed by atoms with Gasteiger partial charge in [-0.05, 0) is 24.6 Å². The number of aryl methyl sites for hydroxylation is 1. The van der Waals surface area contributed by atoms with Crippen molar-refractivity contribution in [3.8, 4) is 5.88 Å². The van der Waals surface area contributed by atoms with Gasteiger partial charge < -0.3 is 10.2 Å². The van der Waals surface area contributed by atoms with Crippen LogP contribution >= 0.6 is 27.3 Å². The second-order valence-electron chi connectivity index (χ2n) is 6.70. The molecule has 0 bridgehead atoms. The van der Waals surface area contributed by atoms with Crippen LogP contribution in [0.2, 0.25) is 0 Å². The second kappa shape index (κ2) is 7.84. The summed E-state index contributed by atoms with van der Waals surface area (Å²) in [7, 11) is 0. The number of halogens is 1. The van der Waals surface area contributed by atoms with Gasteiger partial charge in [-0.2, -0.15) is 4.52 Å². The highest BCUT2D eigenvalue weighted by Gasteiger charge is 2.31. The monoisotopic (exact) mass is 451 g/mol. The van der Waals surface area contributed by atoms with Crippen LogP contribution in [0.4, 0.5) is 0 Å². The smallest absolute Gasteiger partial charge is 0.230 e. The van der Waals surface area contributed by atoms with Gasteiger partial charge in [0.05, 0.1) is 17.5 Å². The van der Waals surface area contributed by atoms with E-state index in [2.05, 4.69) is 47.9 Å². The van der Waals surface area contributed by atoms with Gasteiger partial charge in [0.25, 0.3) is 0 Å². The lowest BCUT2D eigenvalue weighted by molar-refractivity contribution is 0.0945. The number of nitrogens with zero attached hydrogens (tertiary/aromatic N) is 5. The van der Waals surface area contributed by atoms with E-state index in [-0.39, 0.29) is 18.5 Å². The zero-order chi connectivity index (χ0) is 19.0. The maximum atomic E-state index is 10.8. The van der Waals surface area contributed by atoms with E-state index in [0.717, 1.165) is 41.1 Å². The molecule has 1 fully saturated rings. The van der Waals surface area contributed by atoms with Crippen molar-refractivity contribution >= 4 is 32.2 Å². The highest BCUT2D eigenvalue weighted by atomic mass is 79.9. The van der Waals surface area contributed by atoms with Crippen LogP contribution in [-0.4, -0.2) is 73.9 Å². The van der Waals surface area contributed by atoms with Gasteiger partial charge >= 0.3 is 0 Å². The summed E-state index contributed by atoms with van der Waals surface area (Å²) >= 11 is 4.99. The molecule has 2 aromatic heterocycles. The zero-order valence-electron chi connectivity index (χ0n) is 15.0. The molecule has 1 unspecified atom stereocenters. The molecule has 0 spiro atoms. The van der Waals surface area contributed by atoms with Crippen LogP contribution in [0.5, 0.6) is 5.88 Å². The molecule has 1 aliphatic rings. The van der Waals surface area contributed by atoms with E-state index < -0.39 is 0 Å². The molecule has 27 heavy (non-hydrogen) atoms. The van der Waals surface area contributed by atoms with Gasteiger partial charge in [-0.1, -0.05) is 39.4 Å². The summed E-state index contributed by atoms with van der Waals surface area (Å²) < 4.78 is 2.56. The van der Waals surface area contributed by atoms with Crippen LogP contribution in [0.15, 0.2) is 28.7 Å². The molecule has 3 heterocycles. The zero-order valence-corrected chi connectivity index (χ0v) is 17.4. The summed E-state index contributed by atoms with van der Waals surface area (Å²) in [4.78, 5) is 10.6. The maximum absolute atomic E-state index is 10.8. The third kappa shape index (κ3) is 3.74. The normalized spacial score (nSPS) is 17.6. The van der Waals surface area contributed by atoms with Crippen LogP contribution < -0.4 is 0 Å². The van der Waals surface area contributed by atoms with Gasteiger partial charge in [0.1, 0.15) is 5.82 Å². The number of aliphatic hydroxyl groups is 1. The molecule has 0 amide bonds. The van der Waals surface area contributed by atoms with Crippen LogP contribution in [0, 0.1) is 6.92 Å². The highest BCUT2D eigenvalue weighted by Crippen LogP contribution is 2.40. The molecule has 1 saturated heterocycles. The Morgan fingerprint density at radius 1 is 1.19 bits per heavy atom. The summed E-state index contributed by atoms with van der Waals surface area (Å²) in [6.07, 6.45) is 0. The molecule has 2 N–H and O–H groups in total. The minimum Gasteiger partial charge on any atom is -0.492 e. The summed E-state index contributed by atoms with van der Waals surface area (Å²) in [5, 5.41) is 24.3. The van der Waals surface area contributed by atoms with Gasteiger partial charge in [0, 0.05) is 37.2 Å². The number of benzene rings is 1. The number of aliphatic hydroxyl groups excluding tert-OH is 1. The minimum absolute atomic E-state index is 0.0526. The highest BCUT2D eigenvalue weighted by molar-refractivity contribution is 9.10. The van der Waals surface area contributed by atoms with Crippen molar-refractivity contribution in [2.24, 2.45) is 0 Å². The minimum atomic E-state index is -0.0526. The van der Waals surface area contributed by atoms with Crippen LogP contribution in [0.25, 0.3) is 4.96 Å². The lowest BCUT2D eigenvalue weighted by Crippen LogP contribution is -2.48. The molecule has 1 aromatic carbocycles. The lowest BCUT2D eigenvalue weighted by Gasteiger charge is -2.39. The number of hydrogen-bond acceptors (Lipinski definition) is 7. The van der Waals surface area contributed by atoms with E-state index in [4.69, 9.17) is 0 Å². The van der Waals surface area contributed by atoms with Gasteiger partial charge in [-0.3, -0.25) is 9.80 Å². The Balaban J connectivity index is 1.70. The van der Waals surface area contributed by atoms with E-state index in [1.165, 1.54) is 15.9 Å². The van der Waals surface area contributed by atoms with Crippen molar-refractivity contribution in [3.05, 3.63) is 45.0 Å². The predicted molar refractivity (Wildman–Crippen MR) is 108 cm³/mol. The lowest BCUT2D eigenvalue weighted by atomic mass is 10.0. The first-order valence-corrected chi connectivity index (χ1v) is 10.6. The first kappa shape index (κ1) is 18.8. The second-order valence-corrected chi connectivity index (χ2v) is 8.62. The molecule has 1 atom stereocenters. The Kier molecular flexibility index (Phi) is 5.47. The van der Waals surface area contributed by atoms with Crippen LogP contribution in [-0.2, 0) is 0 Å². The summed E-state index contributed by atoms with van der Waals surface area (Å²) in [5.74, 6) is 0.821. The molecule has 0 radical (unpaired) electrons. The van der Waals surface area contributed by atoms with E-state index >= 15 is 0 Å². The Labute approximate surface area is 170 Å². The summed E-state index contributed by atoms with van der Waals surface area (Å²) in [6.45, 7) is 6.25. The summed E-state index contributed by atoms with van der Waals surface area (Å²) in [5.41, 5.74) is 1.13. The van der Waals surface area contributed by atoms with E-state index in [0.29, 0.717) is 17.3 Å². The molecule has 3 aromatic rings. The average molecular weight is 452 g/mol. The molecule has 144 valence electrons. The number of hydrogen-bond donors (Lipinski definition) is 2. The molecule has 7 nitrogen and oxygen atoms in total. The fourth-order valence-electron chi connectivity index (χ4n) is 3.59. The molecule has 9 heteroatoms. The van der Waals surface area contributed by atoms with Crippen LogP contribution in [0.1, 0.15) is 22.3 Å². The maximum Gasteiger partial charge on any atom is 0.230 e. The Morgan fingerprint density at radius 2 is 1.89 bits per heavy atom. The van der Waals surface area contributed by atoms with Crippen molar-refractivity contribution in [2.75, 3.05) is 39.3 Å². The molecular formula is C18H22BrN5O2S. The van der Waals surface area contributed by atoms with Crippen molar-refractivity contribution in [1.29, 1.82) is 0 Å². The molecule has 4 rings (SSSR count). The fourth-order valence-corrected chi connectivity index (χ4v) is 5.01. The third-order valence-corrected chi connectivity index (χ3v) is 6.53. The quantitative estimate of drug-likeness (QED) is 0.619. The number of piperazine rings is 1. The number of rotatable bonds is 5. The number of aromatic hydroxyl groups is 1. The Bertz CT molecular complexity index is 918. The topological polar surface area (TPSA) is 77.1 Å². The van der Waals surface area contributed by atoms with Crippen molar-refractivity contribution in [3.63, 3.8) is 0 Å². The number of aromatic nitrogens is 3. The Hall–Kier alpha value is -1.52. The number of thiazole rings is 1. The SMILES string of the molecule is Cc1nc2sc(C(c3ccc(Br)cc3)N3CCN(CCO)CC3)c(O)n2n1. The van der Waals surface area contributed by atoms with Gasteiger partial charge in [-0.15, -0.1) is 5.10 Å².